The molecule has 0 saturated carbocycles. The van der Waals surface area contributed by atoms with Crippen molar-refractivity contribution in [3.8, 4) is 0 Å². The van der Waals surface area contributed by atoms with Crippen molar-refractivity contribution >= 4 is 39.1 Å². The van der Waals surface area contributed by atoms with Crippen molar-refractivity contribution in [1.82, 2.24) is 9.62 Å². The van der Waals surface area contributed by atoms with Gasteiger partial charge in [-0.3, -0.25) is 14.5 Å². The molecule has 1 saturated heterocycles. The Kier molecular flexibility index (Phi) is 7.07. The van der Waals surface area contributed by atoms with Gasteiger partial charge in [0.25, 0.3) is 0 Å². The fourth-order valence-electron chi connectivity index (χ4n) is 4.57. The molecule has 2 aliphatic rings. The number of hydrogen-bond donors (Lipinski definition) is 1. The molecule has 4 rings (SSSR count). The van der Waals surface area contributed by atoms with Crippen molar-refractivity contribution in [3.05, 3.63) is 58.6 Å². The molecule has 2 aliphatic heterocycles. The summed E-state index contributed by atoms with van der Waals surface area (Å²) in [4.78, 5) is 27.1. The van der Waals surface area contributed by atoms with E-state index in [-0.39, 0.29) is 29.7 Å². The largest absolute Gasteiger partial charge is 0.350 e. The minimum Gasteiger partial charge on any atom is -0.350 e. The molecule has 9 heteroatoms. The average molecular weight is 490 g/mol. The predicted octanol–water partition coefficient (Wildman–Crippen LogP) is 3.50. The average Bonchev–Trinajstić information content (AvgIpc) is 2.95. The summed E-state index contributed by atoms with van der Waals surface area (Å²) in [5, 5.41) is 3.46. The van der Waals surface area contributed by atoms with Crippen molar-refractivity contribution in [2.24, 2.45) is 0 Å². The molecule has 1 N–H and O–H groups in total. The minimum atomic E-state index is -3.62. The Hall–Kier alpha value is -2.42. The van der Waals surface area contributed by atoms with Gasteiger partial charge in [0.15, 0.2) is 0 Å². The van der Waals surface area contributed by atoms with Crippen LogP contribution in [0.5, 0.6) is 0 Å². The fourth-order valence-corrected chi connectivity index (χ4v) is 6.35. The third-order valence-electron chi connectivity index (χ3n) is 6.24. The third kappa shape index (κ3) is 5.08. The number of carbonyl (C=O) groups is 2. The summed E-state index contributed by atoms with van der Waals surface area (Å²) in [6, 6.07) is 11.3. The number of sulfonamides is 1. The molecule has 176 valence electrons. The number of hydrogen-bond acceptors (Lipinski definition) is 4. The molecule has 0 unspecified atom stereocenters. The van der Waals surface area contributed by atoms with E-state index in [4.69, 9.17) is 11.6 Å². The Labute approximate surface area is 199 Å². The third-order valence-corrected chi connectivity index (χ3v) is 8.37. The molecule has 0 aliphatic carbocycles. The van der Waals surface area contributed by atoms with Crippen LogP contribution in [0.1, 0.15) is 43.7 Å². The second-order valence-corrected chi connectivity index (χ2v) is 10.9. The summed E-state index contributed by atoms with van der Waals surface area (Å²) >= 11 is 6.01. The summed E-state index contributed by atoms with van der Waals surface area (Å²) in [5.41, 5.74) is 2.12. The molecule has 1 fully saturated rings. The molecule has 2 aromatic carbocycles. The van der Waals surface area contributed by atoms with E-state index in [1.54, 1.807) is 34.6 Å². The number of rotatable bonds is 5. The van der Waals surface area contributed by atoms with Crippen LogP contribution < -0.4 is 10.2 Å². The van der Waals surface area contributed by atoms with Crippen molar-refractivity contribution in [2.75, 3.05) is 18.0 Å². The maximum atomic E-state index is 13.2. The Balaban J connectivity index is 1.54. The number of anilines is 1. The van der Waals surface area contributed by atoms with Crippen LogP contribution >= 0.6 is 11.6 Å². The highest BCUT2D eigenvalue weighted by Crippen LogP contribution is 2.35. The highest BCUT2D eigenvalue weighted by atomic mass is 35.5. The fraction of sp³-hybridized carbons (Fsp3) is 0.417. The molecule has 0 radical (unpaired) electrons. The van der Waals surface area contributed by atoms with Gasteiger partial charge in [-0.25, -0.2) is 8.42 Å². The number of amides is 2. The van der Waals surface area contributed by atoms with Gasteiger partial charge in [-0.1, -0.05) is 36.6 Å². The smallest absolute Gasteiger partial charge is 0.243 e. The summed E-state index contributed by atoms with van der Waals surface area (Å²) in [7, 11) is -3.62. The Morgan fingerprint density at radius 2 is 1.79 bits per heavy atom. The van der Waals surface area contributed by atoms with E-state index in [9.17, 15) is 18.0 Å². The molecule has 0 aromatic heterocycles. The Morgan fingerprint density at radius 3 is 2.45 bits per heavy atom. The molecular formula is C24H28ClN3O4S. The summed E-state index contributed by atoms with van der Waals surface area (Å²) in [6.45, 7) is 2.74. The van der Waals surface area contributed by atoms with E-state index >= 15 is 0 Å². The van der Waals surface area contributed by atoms with Gasteiger partial charge in [0, 0.05) is 43.7 Å². The van der Waals surface area contributed by atoms with Crippen LogP contribution in [-0.4, -0.2) is 43.7 Å². The van der Waals surface area contributed by atoms with Gasteiger partial charge in [0.2, 0.25) is 21.8 Å². The lowest BCUT2D eigenvalue weighted by atomic mass is 10.1. The lowest BCUT2D eigenvalue weighted by Crippen LogP contribution is -2.47. The summed E-state index contributed by atoms with van der Waals surface area (Å²) < 4.78 is 28.0. The van der Waals surface area contributed by atoms with E-state index < -0.39 is 16.1 Å². The number of fused-ring (bicyclic) bond motifs is 1. The second-order valence-electron chi connectivity index (χ2n) is 8.57. The quantitative estimate of drug-likeness (QED) is 0.696. The minimum absolute atomic E-state index is 0.214. The first-order chi connectivity index (χ1) is 15.8. The van der Waals surface area contributed by atoms with Gasteiger partial charge in [-0.05, 0) is 54.3 Å². The molecule has 2 amide bonds. The molecule has 33 heavy (non-hydrogen) atoms. The Bertz CT molecular complexity index is 1160. The zero-order valence-electron chi connectivity index (χ0n) is 18.6. The van der Waals surface area contributed by atoms with Gasteiger partial charge in [0.1, 0.15) is 6.04 Å². The van der Waals surface area contributed by atoms with Crippen LogP contribution in [-0.2, 0) is 32.6 Å². The normalized spacial score (nSPS) is 19.1. The lowest BCUT2D eigenvalue weighted by Gasteiger charge is -2.24. The van der Waals surface area contributed by atoms with Crippen molar-refractivity contribution in [3.63, 3.8) is 0 Å². The maximum absolute atomic E-state index is 13.2. The predicted molar refractivity (Wildman–Crippen MR) is 128 cm³/mol. The molecule has 2 aromatic rings. The topological polar surface area (TPSA) is 86.8 Å². The standard InChI is InChI=1S/C24H28ClN3O4S/c1-17(29)28-22-10-9-21(33(31,32)27-11-4-2-3-5-12-27)14-19(22)15-23(28)24(30)26-16-18-7-6-8-20(25)13-18/h6-10,13-14,23H,2-5,11-12,15-16H2,1H3,(H,26,30)/t23-/m0/s1. The molecule has 1 atom stereocenters. The molecule has 7 nitrogen and oxygen atoms in total. The molecule has 0 bridgehead atoms. The SMILES string of the molecule is CC(=O)N1c2ccc(S(=O)(=O)N3CCCCCC3)cc2C[C@H]1C(=O)NCc1cccc(Cl)c1. The van der Waals surface area contributed by atoms with Gasteiger partial charge in [-0.2, -0.15) is 4.31 Å². The number of nitrogens with zero attached hydrogens (tertiary/aromatic N) is 2. The van der Waals surface area contributed by atoms with Gasteiger partial charge < -0.3 is 5.32 Å². The van der Waals surface area contributed by atoms with E-state index in [2.05, 4.69) is 5.32 Å². The number of halogens is 1. The number of nitrogens with one attached hydrogen (secondary N) is 1. The van der Waals surface area contributed by atoms with Crippen LogP contribution in [0.15, 0.2) is 47.4 Å². The van der Waals surface area contributed by atoms with E-state index in [1.165, 1.54) is 11.8 Å². The van der Waals surface area contributed by atoms with Crippen LogP contribution in [0.4, 0.5) is 5.69 Å². The maximum Gasteiger partial charge on any atom is 0.243 e. The molecule has 0 spiro atoms. The first-order valence-electron chi connectivity index (χ1n) is 11.2. The summed E-state index contributed by atoms with van der Waals surface area (Å²) in [6.07, 6.45) is 4.06. The first-order valence-corrected chi connectivity index (χ1v) is 13.0. The highest BCUT2D eigenvalue weighted by Gasteiger charge is 2.38. The Morgan fingerprint density at radius 1 is 1.06 bits per heavy atom. The number of carbonyl (C=O) groups excluding carboxylic acids is 2. The van der Waals surface area contributed by atoms with Crippen LogP contribution in [0, 0.1) is 0 Å². The highest BCUT2D eigenvalue weighted by molar-refractivity contribution is 7.89. The molecular weight excluding hydrogens is 462 g/mol. The van der Waals surface area contributed by atoms with E-state index in [0.29, 0.717) is 29.4 Å². The van der Waals surface area contributed by atoms with Crippen LogP contribution in [0.3, 0.4) is 0 Å². The summed E-state index contributed by atoms with van der Waals surface area (Å²) in [5.74, 6) is -0.557. The van der Waals surface area contributed by atoms with Crippen molar-refractivity contribution in [1.29, 1.82) is 0 Å². The van der Waals surface area contributed by atoms with E-state index in [1.807, 2.05) is 12.1 Å². The zero-order chi connectivity index (χ0) is 23.6. The van der Waals surface area contributed by atoms with Crippen molar-refractivity contribution in [2.45, 2.75) is 56.5 Å². The van der Waals surface area contributed by atoms with Gasteiger partial charge in [-0.15, -0.1) is 0 Å². The van der Waals surface area contributed by atoms with Gasteiger partial charge >= 0.3 is 0 Å². The van der Waals surface area contributed by atoms with Crippen molar-refractivity contribution < 1.29 is 18.0 Å². The monoisotopic (exact) mass is 489 g/mol. The van der Waals surface area contributed by atoms with E-state index in [0.717, 1.165) is 31.2 Å². The van der Waals surface area contributed by atoms with Crippen LogP contribution in [0.25, 0.3) is 0 Å². The zero-order valence-corrected chi connectivity index (χ0v) is 20.2. The van der Waals surface area contributed by atoms with Gasteiger partial charge in [0.05, 0.1) is 4.90 Å². The molecule has 2 heterocycles. The second kappa shape index (κ2) is 9.83. The lowest BCUT2D eigenvalue weighted by molar-refractivity contribution is -0.125. The number of benzene rings is 2. The van der Waals surface area contributed by atoms with Crippen LogP contribution in [0.2, 0.25) is 5.02 Å². The first kappa shape index (κ1) is 23.7.